The molecule has 7 heteroatoms. The Kier molecular flexibility index (Phi) is 13.8. The average Bonchev–Trinajstić information content (AvgIpc) is 3.35. The van der Waals surface area contributed by atoms with Crippen LogP contribution >= 0.6 is 0 Å². The Morgan fingerprint density at radius 1 is 0.980 bits per heavy atom. The van der Waals surface area contributed by atoms with E-state index in [0.29, 0.717) is 0 Å². The van der Waals surface area contributed by atoms with Crippen LogP contribution in [0.4, 0.5) is 0 Å². The maximum atomic E-state index is 11.7. The van der Waals surface area contributed by atoms with Gasteiger partial charge in [0.05, 0.1) is 19.3 Å². The summed E-state index contributed by atoms with van der Waals surface area (Å²) >= 11 is 0. The molecular formula is C42H55IrN2O3Si-. The number of aryl methyl sites for hydroxylation is 1. The number of benzene rings is 2. The molecule has 1 radical (unpaired) electrons. The zero-order chi connectivity index (χ0) is 35.4. The van der Waals surface area contributed by atoms with Crippen LogP contribution < -0.4 is 5.19 Å². The number of allylic oxidation sites excluding steroid dienone is 2. The van der Waals surface area contributed by atoms with E-state index >= 15 is 0 Å². The number of hydrogen-bond acceptors (Lipinski definition) is 5. The second-order valence-electron chi connectivity index (χ2n) is 15.3. The first kappa shape index (κ1) is 40.3. The standard InChI is InChI=1S/C29H31N2OSi.C13H24O2.Ir/c1-18-23(17-29(2,3)4)32-28-25(18)26(31-22-13-10-14-30-27(22)28)20-15-19-11-8-9-12-21(19)24(16-20)33(5,6)7;1-5-10(6-2)12(14)9-13(15)11(7-3)8-4;/h8-14,16H,17H2,1-7H3;9-11,14H,5-8H2,1-4H3;/q-1;;/b;12-9-;. The fourth-order valence-electron chi connectivity index (χ4n) is 6.45. The number of rotatable bonds is 10. The molecule has 0 aliphatic carbocycles. The van der Waals surface area contributed by atoms with Crippen LogP contribution in [-0.4, -0.2) is 28.9 Å². The van der Waals surface area contributed by atoms with Gasteiger partial charge in [-0.25, -0.2) is 0 Å². The van der Waals surface area contributed by atoms with Gasteiger partial charge in [0.15, 0.2) is 11.4 Å². The Hall–Kier alpha value is -3.12. The van der Waals surface area contributed by atoms with Crippen molar-refractivity contribution in [3.05, 3.63) is 77.9 Å². The summed E-state index contributed by atoms with van der Waals surface area (Å²) in [6, 6.07) is 18.6. The minimum Gasteiger partial charge on any atom is -0.512 e. The zero-order valence-corrected chi connectivity index (χ0v) is 34.8. The van der Waals surface area contributed by atoms with E-state index in [-0.39, 0.29) is 48.9 Å². The smallest absolute Gasteiger partial charge is 0.162 e. The third-order valence-corrected chi connectivity index (χ3v) is 11.4. The van der Waals surface area contributed by atoms with Crippen molar-refractivity contribution in [2.75, 3.05) is 0 Å². The Balaban J connectivity index is 0.000000347. The van der Waals surface area contributed by atoms with Gasteiger partial charge in [0, 0.05) is 61.7 Å². The molecule has 0 bridgehead atoms. The first-order valence-corrected chi connectivity index (χ1v) is 21.2. The van der Waals surface area contributed by atoms with Crippen molar-refractivity contribution in [3.63, 3.8) is 0 Å². The number of ketones is 1. The molecule has 0 spiro atoms. The maximum absolute atomic E-state index is 11.7. The third kappa shape index (κ3) is 9.36. The molecule has 0 amide bonds. The molecule has 3 aromatic heterocycles. The second kappa shape index (κ2) is 16.7. The van der Waals surface area contributed by atoms with Gasteiger partial charge in [0.1, 0.15) is 11.3 Å². The molecular weight excluding hydrogens is 801 g/mol. The quantitative estimate of drug-likeness (QED) is 0.0655. The predicted molar refractivity (Wildman–Crippen MR) is 206 cm³/mol. The first-order valence-electron chi connectivity index (χ1n) is 17.7. The molecule has 0 saturated heterocycles. The Morgan fingerprint density at radius 3 is 2.20 bits per heavy atom. The van der Waals surface area contributed by atoms with E-state index in [4.69, 9.17) is 9.40 Å². The molecule has 265 valence electrons. The van der Waals surface area contributed by atoms with Crippen LogP contribution in [0, 0.1) is 30.2 Å². The molecule has 0 aliphatic rings. The molecule has 1 N–H and O–H groups in total. The Labute approximate surface area is 308 Å². The summed E-state index contributed by atoms with van der Waals surface area (Å²) in [7, 11) is -1.61. The molecule has 0 unspecified atom stereocenters. The van der Waals surface area contributed by atoms with Gasteiger partial charge in [-0.1, -0.05) is 97.3 Å². The van der Waals surface area contributed by atoms with Gasteiger partial charge >= 0.3 is 0 Å². The molecule has 0 atom stereocenters. The molecule has 0 aliphatic heterocycles. The summed E-state index contributed by atoms with van der Waals surface area (Å²) in [6.07, 6.45) is 7.59. The fraction of sp³-hybridized carbons (Fsp3) is 0.452. The molecule has 3 heterocycles. The molecule has 2 aromatic carbocycles. The van der Waals surface area contributed by atoms with E-state index in [1.165, 1.54) is 16.6 Å². The normalized spacial score (nSPS) is 12.5. The van der Waals surface area contributed by atoms with Crippen LogP contribution in [0.25, 0.3) is 44.0 Å². The van der Waals surface area contributed by atoms with E-state index in [1.54, 1.807) is 0 Å². The number of furan rings is 1. The summed E-state index contributed by atoms with van der Waals surface area (Å²) in [6.45, 7) is 24.2. The molecule has 5 aromatic rings. The Bertz CT molecular complexity index is 1920. The van der Waals surface area contributed by atoms with Gasteiger partial charge in [-0.3, -0.25) is 14.8 Å². The summed E-state index contributed by atoms with van der Waals surface area (Å²) in [5, 5.41) is 14.7. The van der Waals surface area contributed by atoms with Crippen LogP contribution in [0.2, 0.25) is 19.6 Å². The number of carbonyl (C=O) groups excluding carboxylic acids is 1. The van der Waals surface area contributed by atoms with Crippen molar-refractivity contribution in [2.45, 2.75) is 107 Å². The average molecular weight is 856 g/mol. The van der Waals surface area contributed by atoms with Crippen molar-refractivity contribution in [3.8, 4) is 11.3 Å². The number of fused-ring (bicyclic) bond motifs is 4. The van der Waals surface area contributed by atoms with Gasteiger partial charge in [-0.15, -0.1) is 28.8 Å². The molecule has 5 nitrogen and oxygen atoms in total. The molecule has 0 fully saturated rings. The summed E-state index contributed by atoms with van der Waals surface area (Å²) < 4.78 is 6.53. The minimum atomic E-state index is -1.61. The van der Waals surface area contributed by atoms with Crippen molar-refractivity contribution in [2.24, 2.45) is 17.3 Å². The van der Waals surface area contributed by atoms with Gasteiger partial charge in [-0.05, 0) is 55.7 Å². The maximum Gasteiger partial charge on any atom is 0.162 e. The van der Waals surface area contributed by atoms with E-state index in [2.05, 4.69) is 88.7 Å². The monoisotopic (exact) mass is 856 g/mol. The van der Waals surface area contributed by atoms with Crippen LogP contribution in [0.3, 0.4) is 0 Å². The fourth-order valence-corrected chi connectivity index (χ4v) is 8.06. The van der Waals surface area contributed by atoms with Crippen molar-refractivity contribution in [1.29, 1.82) is 0 Å². The van der Waals surface area contributed by atoms with Crippen LogP contribution in [-0.2, 0) is 31.3 Å². The predicted octanol–water partition coefficient (Wildman–Crippen LogP) is 11.3. The summed E-state index contributed by atoms with van der Waals surface area (Å²) in [5.41, 5.74) is 5.77. The summed E-state index contributed by atoms with van der Waals surface area (Å²) in [5.74, 6) is 1.57. The SMILES string of the molecule is CCC(CC)C(=O)/C=C(\O)C(CC)CC.Cc1c(CC(C)(C)C)oc2c1c(-c1[c-]c3ccccc3c([Si](C)(C)C)c1)nc1cccnc12.[Ir]. The minimum absolute atomic E-state index is 0. The van der Waals surface area contributed by atoms with Crippen molar-refractivity contribution in [1.82, 2.24) is 9.97 Å². The summed E-state index contributed by atoms with van der Waals surface area (Å²) in [4.78, 5) is 21.5. The van der Waals surface area contributed by atoms with Gasteiger partial charge in [-0.2, -0.15) is 0 Å². The van der Waals surface area contributed by atoms with Crippen molar-refractivity contribution >= 4 is 51.8 Å². The first-order chi connectivity index (χ1) is 22.6. The largest absolute Gasteiger partial charge is 0.512 e. The van der Waals surface area contributed by atoms with E-state index in [0.717, 1.165) is 82.1 Å². The number of carbonyl (C=O) groups is 1. The van der Waals surface area contributed by atoms with Crippen molar-refractivity contribution < 1.29 is 34.4 Å². The number of pyridine rings is 2. The third-order valence-electron chi connectivity index (χ3n) is 9.33. The second-order valence-corrected chi connectivity index (χ2v) is 20.4. The van der Waals surface area contributed by atoms with Gasteiger partial charge in [0.2, 0.25) is 0 Å². The van der Waals surface area contributed by atoms with Gasteiger partial charge < -0.3 is 9.52 Å². The molecule has 49 heavy (non-hydrogen) atoms. The van der Waals surface area contributed by atoms with Crippen LogP contribution in [0.5, 0.6) is 0 Å². The number of aliphatic hydroxyl groups excluding tert-OH is 1. The van der Waals surface area contributed by atoms with Gasteiger partial charge in [0.25, 0.3) is 0 Å². The Morgan fingerprint density at radius 2 is 1.61 bits per heavy atom. The molecule has 0 saturated carbocycles. The van der Waals surface area contributed by atoms with Crippen LogP contribution in [0.1, 0.15) is 85.5 Å². The number of aliphatic hydroxyl groups is 1. The number of aromatic nitrogens is 2. The topological polar surface area (TPSA) is 76.2 Å². The number of hydrogen-bond donors (Lipinski definition) is 1. The van der Waals surface area contributed by atoms with E-state index < -0.39 is 8.07 Å². The zero-order valence-electron chi connectivity index (χ0n) is 31.4. The van der Waals surface area contributed by atoms with E-state index in [1.807, 2.05) is 46.0 Å². The molecule has 5 rings (SSSR count). The van der Waals surface area contributed by atoms with E-state index in [9.17, 15) is 9.90 Å². The van der Waals surface area contributed by atoms with Crippen LogP contribution in [0.15, 0.2) is 64.9 Å². The number of nitrogens with zero attached hydrogens (tertiary/aromatic N) is 2.